The number of amides is 2. The summed E-state index contributed by atoms with van der Waals surface area (Å²) in [5, 5.41) is 0. The number of ether oxygens (including phenoxy) is 1. The number of rotatable bonds is 6. The van der Waals surface area contributed by atoms with Gasteiger partial charge in [-0.1, -0.05) is 49.4 Å². The van der Waals surface area contributed by atoms with Crippen LogP contribution in [0.2, 0.25) is 0 Å². The molecule has 0 radical (unpaired) electrons. The number of para-hydroxylation sites is 2. The van der Waals surface area contributed by atoms with Gasteiger partial charge in [0.25, 0.3) is 5.91 Å². The average Bonchev–Trinajstić information content (AvgIpc) is 2.85. The fourth-order valence-corrected chi connectivity index (χ4v) is 4.66. The van der Waals surface area contributed by atoms with Crippen molar-refractivity contribution in [3.63, 3.8) is 0 Å². The van der Waals surface area contributed by atoms with Crippen LogP contribution in [-0.2, 0) is 4.79 Å². The molecule has 1 aliphatic heterocycles. The lowest BCUT2D eigenvalue weighted by Crippen LogP contribution is -2.47. The second-order valence-corrected chi connectivity index (χ2v) is 8.42. The second kappa shape index (κ2) is 9.90. The molecule has 170 valence electrons. The number of carbonyl (C=O) groups excluding carboxylic acids is 2. The highest BCUT2D eigenvalue weighted by Gasteiger charge is 2.38. The lowest BCUT2D eigenvalue weighted by Gasteiger charge is -2.43. The monoisotopic (exact) mass is 442 g/mol. The molecule has 33 heavy (non-hydrogen) atoms. The Balaban J connectivity index is 1.82. The number of nitrogens with zero attached hydrogens (tertiary/aromatic N) is 2. The molecule has 0 spiro atoms. The van der Waals surface area contributed by atoms with Crippen molar-refractivity contribution in [1.29, 1.82) is 0 Å². The van der Waals surface area contributed by atoms with Crippen LogP contribution in [0, 0.1) is 0 Å². The number of hydrogen-bond acceptors (Lipinski definition) is 3. The van der Waals surface area contributed by atoms with Crippen LogP contribution in [-0.4, -0.2) is 25.0 Å². The molecular weight excluding hydrogens is 412 g/mol. The van der Waals surface area contributed by atoms with E-state index >= 15 is 0 Å². The minimum atomic E-state index is -0.206. The van der Waals surface area contributed by atoms with Crippen molar-refractivity contribution >= 4 is 23.2 Å². The quantitative estimate of drug-likeness (QED) is 0.470. The third-order valence-corrected chi connectivity index (χ3v) is 6.17. The Morgan fingerprint density at radius 2 is 1.73 bits per heavy atom. The Labute approximate surface area is 195 Å². The van der Waals surface area contributed by atoms with Crippen LogP contribution in [0.25, 0.3) is 0 Å². The molecule has 0 aliphatic carbocycles. The van der Waals surface area contributed by atoms with Crippen LogP contribution < -0.4 is 14.5 Å². The molecule has 3 aromatic rings. The molecule has 0 fully saturated rings. The smallest absolute Gasteiger partial charge is 0.258 e. The van der Waals surface area contributed by atoms with Crippen molar-refractivity contribution in [1.82, 2.24) is 0 Å². The first-order chi connectivity index (χ1) is 16.0. The van der Waals surface area contributed by atoms with Crippen LogP contribution >= 0.6 is 0 Å². The van der Waals surface area contributed by atoms with Crippen LogP contribution in [0.4, 0.5) is 11.4 Å². The number of hydrogen-bond donors (Lipinski definition) is 0. The van der Waals surface area contributed by atoms with Gasteiger partial charge in [0, 0.05) is 29.4 Å². The Hall–Kier alpha value is -3.60. The molecule has 2 amide bonds. The van der Waals surface area contributed by atoms with E-state index in [1.165, 1.54) is 0 Å². The number of benzene rings is 3. The Kier molecular flexibility index (Phi) is 6.78. The number of anilines is 2. The first kappa shape index (κ1) is 22.6. The van der Waals surface area contributed by atoms with Crippen molar-refractivity contribution in [3.8, 4) is 5.75 Å². The van der Waals surface area contributed by atoms with E-state index in [-0.39, 0.29) is 23.9 Å². The number of methoxy groups -OCH3 is 1. The topological polar surface area (TPSA) is 49.9 Å². The summed E-state index contributed by atoms with van der Waals surface area (Å²) in [5.74, 6) is 0.671. The van der Waals surface area contributed by atoms with Gasteiger partial charge in [0.1, 0.15) is 5.75 Å². The van der Waals surface area contributed by atoms with Gasteiger partial charge in [-0.3, -0.25) is 9.59 Å². The first-order valence-electron chi connectivity index (χ1n) is 11.5. The Morgan fingerprint density at radius 1 is 1.00 bits per heavy atom. The summed E-state index contributed by atoms with van der Waals surface area (Å²) in [5.41, 5.74) is 3.26. The van der Waals surface area contributed by atoms with E-state index in [0.29, 0.717) is 24.2 Å². The lowest BCUT2D eigenvalue weighted by molar-refractivity contribution is -0.119. The molecule has 5 heteroatoms. The molecule has 0 unspecified atom stereocenters. The Bertz CT molecular complexity index is 1130. The summed E-state index contributed by atoms with van der Waals surface area (Å²) >= 11 is 0. The van der Waals surface area contributed by atoms with Crippen molar-refractivity contribution in [3.05, 3.63) is 90.0 Å². The van der Waals surface area contributed by atoms with Crippen LogP contribution in [0.15, 0.2) is 78.9 Å². The van der Waals surface area contributed by atoms with E-state index in [2.05, 4.69) is 6.92 Å². The number of carbonyl (C=O) groups is 2. The number of fused-ring (bicyclic) bond motifs is 1. The van der Waals surface area contributed by atoms with E-state index in [1.807, 2.05) is 89.5 Å². The minimum absolute atomic E-state index is 0.0340. The maximum Gasteiger partial charge on any atom is 0.258 e. The maximum atomic E-state index is 13.9. The molecule has 0 bridgehead atoms. The van der Waals surface area contributed by atoms with Gasteiger partial charge in [-0.15, -0.1) is 0 Å². The largest absolute Gasteiger partial charge is 0.497 e. The maximum absolute atomic E-state index is 13.9. The van der Waals surface area contributed by atoms with E-state index in [1.54, 1.807) is 13.2 Å². The minimum Gasteiger partial charge on any atom is -0.497 e. The molecule has 4 rings (SSSR count). The summed E-state index contributed by atoms with van der Waals surface area (Å²) in [6.07, 6.45) is 1.96. The summed E-state index contributed by atoms with van der Waals surface area (Å²) in [7, 11) is 1.60. The molecule has 0 aromatic heterocycles. The van der Waals surface area contributed by atoms with Gasteiger partial charge in [-0.25, -0.2) is 0 Å². The molecule has 3 aromatic carbocycles. The van der Waals surface area contributed by atoms with Crippen molar-refractivity contribution in [2.45, 2.75) is 45.2 Å². The molecule has 0 saturated heterocycles. The fourth-order valence-electron chi connectivity index (χ4n) is 4.66. The molecule has 0 N–H and O–H groups in total. The molecule has 0 saturated carbocycles. The Morgan fingerprint density at radius 3 is 2.45 bits per heavy atom. The average molecular weight is 443 g/mol. The van der Waals surface area contributed by atoms with Gasteiger partial charge in [-0.2, -0.15) is 0 Å². The third-order valence-electron chi connectivity index (χ3n) is 6.17. The van der Waals surface area contributed by atoms with Gasteiger partial charge in [0.05, 0.1) is 13.2 Å². The summed E-state index contributed by atoms with van der Waals surface area (Å²) in [6.45, 7) is 4.08. The lowest BCUT2D eigenvalue weighted by atomic mass is 9.89. The normalized spacial score (nSPS) is 17.2. The van der Waals surface area contributed by atoms with E-state index in [4.69, 9.17) is 4.74 Å². The van der Waals surface area contributed by atoms with E-state index < -0.39 is 0 Å². The van der Waals surface area contributed by atoms with Crippen LogP contribution in [0.1, 0.15) is 55.1 Å². The predicted molar refractivity (Wildman–Crippen MR) is 132 cm³/mol. The summed E-state index contributed by atoms with van der Waals surface area (Å²) in [6, 6.07) is 24.7. The van der Waals surface area contributed by atoms with E-state index in [0.717, 1.165) is 23.4 Å². The van der Waals surface area contributed by atoms with Gasteiger partial charge in [0.15, 0.2) is 0 Å². The van der Waals surface area contributed by atoms with Gasteiger partial charge >= 0.3 is 0 Å². The summed E-state index contributed by atoms with van der Waals surface area (Å²) in [4.78, 5) is 30.7. The zero-order valence-electron chi connectivity index (χ0n) is 19.4. The van der Waals surface area contributed by atoms with Gasteiger partial charge in [-0.05, 0) is 61.7 Å². The predicted octanol–water partition coefficient (Wildman–Crippen LogP) is 6.01. The van der Waals surface area contributed by atoms with Gasteiger partial charge < -0.3 is 14.5 Å². The molecule has 5 nitrogen and oxygen atoms in total. The highest BCUT2D eigenvalue weighted by Crippen LogP contribution is 2.43. The van der Waals surface area contributed by atoms with Crippen molar-refractivity contribution in [2.24, 2.45) is 0 Å². The summed E-state index contributed by atoms with van der Waals surface area (Å²) < 4.78 is 5.36. The van der Waals surface area contributed by atoms with Crippen LogP contribution in [0.5, 0.6) is 5.75 Å². The zero-order valence-corrected chi connectivity index (χ0v) is 19.4. The van der Waals surface area contributed by atoms with Crippen molar-refractivity contribution < 1.29 is 14.3 Å². The van der Waals surface area contributed by atoms with Crippen LogP contribution in [0.3, 0.4) is 0 Å². The SMILES string of the molecule is CCCC(=O)N1c2ccccc2[C@H](N(C(=O)c2cccc(OC)c2)c2ccccc2)C[C@H]1C. The van der Waals surface area contributed by atoms with E-state index in [9.17, 15) is 9.59 Å². The highest BCUT2D eigenvalue weighted by molar-refractivity contribution is 6.07. The van der Waals surface area contributed by atoms with Crippen molar-refractivity contribution in [2.75, 3.05) is 16.9 Å². The molecule has 2 atom stereocenters. The van der Waals surface area contributed by atoms with Gasteiger partial charge in [0.2, 0.25) is 5.91 Å². The zero-order chi connectivity index (χ0) is 23.4. The second-order valence-electron chi connectivity index (χ2n) is 8.42. The fraction of sp³-hybridized carbons (Fsp3) is 0.286. The first-order valence-corrected chi connectivity index (χ1v) is 11.5. The highest BCUT2D eigenvalue weighted by atomic mass is 16.5. The molecule has 1 aliphatic rings. The standard InChI is InChI=1S/C28H30N2O3/c1-4-11-27(31)29-20(2)18-26(24-16-8-9-17-25(24)29)30(22-13-6-5-7-14-22)28(32)21-12-10-15-23(19-21)33-3/h5-10,12-17,19-20,26H,4,11,18H2,1-3H3/t20-,26-/m1/s1. The third kappa shape index (κ3) is 4.49. The molecule has 1 heterocycles. The molecular formula is C28H30N2O3.